The van der Waals surface area contributed by atoms with Crippen molar-refractivity contribution in [1.82, 2.24) is 5.32 Å². The van der Waals surface area contributed by atoms with Gasteiger partial charge < -0.3 is 15.2 Å². The van der Waals surface area contributed by atoms with Crippen LogP contribution in [0.15, 0.2) is 0 Å². The highest BCUT2D eigenvalue weighted by Crippen LogP contribution is 2.20. The number of hydrogen-bond acceptors (Lipinski definition) is 3. The van der Waals surface area contributed by atoms with Crippen molar-refractivity contribution in [3.63, 3.8) is 0 Å². The van der Waals surface area contributed by atoms with E-state index in [0.717, 1.165) is 19.3 Å². The van der Waals surface area contributed by atoms with Crippen LogP contribution >= 0.6 is 0 Å². The molecular weight excluding hydrogens is 222 g/mol. The normalized spacial score (nSPS) is 25.5. The van der Waals surface area contributed by atoms with Gasteiger partial charge in [0.2, 0.25) is 5.91 Å². The van der Waals surface area contributed by atoms with E-state index in [-0.39, 0.29) is 11.8 Å². The van der Waals surface area contributed by atoms with Crippen LogP contribution in [-0.4, -0.2) is 35.7 Å². The van der Waals surface area contributed by atoms with Gasteiger partial charge in [-0.25, -0.2) is 4.79 Å². The molecule has 5 heteroatoms. The minimum atomic E-state index is -0.975. The number of carbonyl (C=O) groups is 2. The predicted molar refractivity (Wildman–Crippen MR) is 62.6 cm³/mol. The Morgan fingerprint density at radius 1 is 1.53 bits per heavy atom. The fourth-order valence-electron chi connectivity index (χ4n) is 1.95. The first-order valence-corrected chi connectivity index (χ1v) is 6.21. The highest BCUT2D eigenvalue weighted by atomic mass is 16.5. The van der Waals surface area contributed by atoms with E-state index in [1.54, 1.807) is 0 Å². The number of amides is 1. The van der Waals surface area contributed by atoms with Crippen molar-refractivity contribution in [2.45, 2.75) is 51.7 Å². The molecule has 17 heavy (non-hydrogen) atoms. The van der Waals surface area contributed by atoms with Crippen LogP contribution in [-0.2, 0) is 14.3 Å². The Balaban J connectivity index is 2.48. The zero-order valence-corrected chi connectivity index (χ0v) is 10.4. The molecule has 0 aliphatic carbocycles. The highest BCUT2D eigenvalue weighted by Gasteiger charge is 2.33. The first-order chi connectivity index (χ1) is 8.06. The summed E-state index contributed by atoms with van der Waals surface area (Å²) in [4.78, 5) is 22.8. The van der Waals surface area contributed by atoms with E-state index in [1.807, 2.05) is 13.8 Å². The summed E-state index contributed by atoms with van der Waals surface area (Å²) in [5.74, 6) is -1.11. The van der Waals surface area contributed by atoms with Crippen LogP contribution in [0.2, 0.25) is 0 Å². The molecule has 0 radical (unpaired) electrons. The molecule has 5 nitrogen and oxygen atoms in total. The maximum atomic E-state index is 11.8. The van der Waals surface area contributed by atoms with Crippen molar-refractivity contribution in [3.8, 4) is 0 Å². The van der Waals surface area contributed by atoms with Crippen molar-refractivity contribution in [2.75, 3.05) is 6.61 Å². The van der Waals surface area contributed by atoms with Crippen LogP contribution in [0.3, 0.4) is 0 Å². The van der Waals surface area contributed by atoms with Crippen molar-refractivity contribution in [3.05, 3.63) is 0 Å². The number of aliphatic carboxylic acids is 1. The molecule has 3 atom stereocenters. The van der Waals surface area contributed by atoms with Gasteiger partial charge >= 0.3 is 5.97 Å². The van der Waals surface area contributed by atoms with Gasteiger partial charge in [0.25, 0.3) is 0 Å². The van der Waals surface area contributed by atoms with Gasteiger partial charge in [0.1, 0.15) is 12.1 Å². The smallest absolute Gasteiger partial charge is 0.326 e. The molecule has 1 saturated heterocycles. The fourth-order valence-corrected chi connectivity index (χ4v) is 1.95. The van der Waals surface area contributed by atoms with E-state index in [0.29, 0.717) is 13.0 Å². The summed E-state index contributed by atoms with van der Waals surface area (Å²) in [5, 5.41) is 11.6. The minimum Gasteiger partial charge on any atom is -0.480 e. The fraction of sp³-hybridized carbons (Fsp3) is 0.833. The lowest BCUT2D eigenvalue weighted by Crippen LogP contribution is -2.46. The number of unbranched alkanes of at least 4 members (excludes halogenated alkanes) is 1. The average molecular weight is 243 g/mol. The maximum Gasteiger partial charge on any atom is 0.326 e. The predicted octanol–water partition coefficient (Wildman–Crippen LogP) is 1.17. The zero-order valence-electron chi connectivity index (χ0n) is 10.4. The molecule has 0 saturated carbocycles. The highest BCUT2D eigenvalue weighted by molar-refractivity contribution is 5.86. The van der Waals surface area contributed by atoms with E-state index in [9.17, 15) is 9.59 Å². The SMILES string of the molecule is CCCCC(NC(=O)C1OCCC1C)C(=O)O. The molecule has 1 aliphatic rings. The Bertz CT molecular complexity index is 280. The molecule has 3 unspecified atom stereocenters. The second kappa shape index (κ2) is 6.59. The van der Waals surface area contributed by atoms with Gasteiger partial charge in [-0.2, -0.15) is 0 Å². The standard InChI is InChI=1S/C12H21NO4/c1-3-4-5-9(12(15)16)13-11(14)10-8(2)6-7-17-10/h8-10H,3-7H2,1-2H3,(H,13,14)(H,15,16). The van der Waals surface area contributed by atoms with E-state index in [2.05, 4.69) is 5.32 Å². The van der Waals surface area contributed by atoms with Gasteiger partial charge in [-0.15, -0.1) is 0 Å². The van der Waals surface area contributed by atoms with Crippen molar-refractivity contribution in [1.29, 1.82) is 0 Å². The third-order valence-electron chi connectivity index (χ3n) is 3.11. The van der Waals surface area contributed by atoms with Gasteiger partial charge in [-0.3, -0.25) is 4.79 Å². The van der Waals surface area contributed by atoms with Crippen LogP contribution in [0.5, 0.6) is 0 Å². The number of hydrogen-bond donors (Lipinski definition) is 2. The van der Waals surface area contributed by atoms with Gasteiger partial charge in [0.15, 0.2) is 0 Å². The molecule has 1 aliphatic heterocycles. The molecular formula is C12H21NO4. The lowest BCUT2D eigenvalue weighted by atomic mass is 10.0. The lowest BCUT2D eigenvalue weighted by molar-refractivity contribution is -0.144. The van der Waals surface area contributed by atoms with E-state index >= 15 is 0 Å². The minimum absolute atomic E-state index is 0.163. The van der Waals surface area contributed by atoms with Gasteiger partial charge in [0, 0.05) is 6.61 Å². The number of rotatable bonds is 6. The topological polar surface area (TPSA) is 75.6 Å². The molecule has 1 fully saturated rings. The van der Waals surface area contributed by atoms with Crippen LogP contribution in [0.25, 0.3) is 0 Å². The van der Waals surface area contributed by atoms with E-state index < -0.39 is 18.1 Å². The molecule has 1 rings (SSSR count). The molecule has 1 heterocycles. The van der Waals surface area contributed by atoms with E-state index in [1.165, 1.54) is 0 Å². The first-order valence-electron chi connectivity index (χ1n) is 6.21. The Morgan fingerprint density at radius 3 is 2.71 bits per heavy atom. The molecule has 0 aromatic rings. The molecule has 98 valence electrons. The summed E-state index contributed by atoms with van der Waals surface area (Å²) in [6, 6.07) is -0.793. The summed E-state index contributed by atoms with van der Waals surface area (Å²) in [6.45, 7) is 4.51. The maximum absolute atomic E-state index is 11.8. The monoisotopic (exact) mass is 243 g/mol. The van der Waals surface area contributed by atoms with Gasteiger partial charge in [0.05, 0.1) is 0 Å². The van der Waals surface area contributed by atoms with Crippen LogP contribution in [0.4, 0.5) is 0 Å². The van der Waals surface area contributed by atoms with Crippen LogP contribution in [0, 0.1) is 5.92 Å². The Hall–Kier alpha value is -1.10. The molecule has 0 aromatic carbocycles. The van der Waals surface area contributed by atoms with Crippen molar-refractivity contribution in [2.24, 2.45) is 5.92 Å². The third-order valence-corrected chi connectivity index (χ3v) is 3.11. The molecule has 0 aromatic heterocycles. The molecule has 1 amide bonds. The summed E-state index contributed by atoms with van der Waals surface area (Å²) in [7, 11) is 0. The van der Waals surface area contributed by atoms with Crippen molar-refractivity contribution >= 4 is 11.9 Å². The quantitative estimate of drug-likeness (QED) is 0.734. The second-order valence-electron chi connectivity index (χ2n) is 4.60. The van der Waals surface area contributed by atoms with Crippen LogP contribution < -0.4 is 5.32 Å². The summed E-state index contributed by atoms with van der Waals surface area (Å²) in [5.41, 5.74) is 0. The zero-order chi connectivity index (χ0) is 12.8. The second-order valence-corrected chi connectivity index (χ2v) is 4.60. The average Bonchev–Trinajstić information content (AvgIpc) is 2.70. The van der Waals surface area contributed by atoms with Gasteiger partial charge in [-0.05, 0) is 18.8 Å². The molecule has 0 spiro atoms. The largest absolute Gasteiger partial charge is 0.480 e. The lowest BCUT2D eigenvalue weighted by Gasteiger charge is -2.19. The third kappa shape index (κ3) is 4.00. The number of ether oxygens (including phenoxy) is 1. The summed E-state index contributed by atoms with van der Waals surface area (Å²) >= 11 is 0. The number of carbonyl (C=O) groups excluding carboxylic acids is 1. The van der Waals surface area contributed by atoms with Gasteiger partial charge in [-0.1, -0.05) is 26.7 Å². The van der Waals surface area contributed by atoms with Crippen LogP contribution in [0.1, 0.15) is 39.5 Å². The first kappa shape index (κ1) is 14.0. The number of carboxylic acids is 1. The van der Waals surface area contributed by atoms with E-state index in [4.69, 9.17) is 9.84 Å². The van der Waals surface area contributed by atoms with Crippen molar-refractivity contribution < 1.29 is 19.4 Å². The molecule has 0 bridgehead atoms. The Morgan fingerprint density at radius 2 is 2.24 bits per heavy atom. The Labute approximate surface area is 102 Å². The Kier molecular flexibility index (Phi) is 5.41. The summed E-state index contributed by atoms with van der Waals surface area (Å²) in [6.07, 6.45) is 2.54. The molecule has 2 N–H and O–H groups in total. The number of nitrogens with one attached hydrogen (secondary N) is 1. The number of carboxylic acid groups (broad SMARTS) is 1. The summed E-state index contributed by atoms with van der Waals surface area (Å²) < 4.78 is 5.31.